The van der Waals surface area contributed by atoms with Crippen LogP contribution in [0.25, 0.3) is 0 Å². The average molecular weight is 501 g/mol. The molecule has 2 fully saturated rings. The van der Waals surface area contributed by atoms with Crippen molar-refractivity contribution in [3.63, 3.8) is 0 Å². The molecule has 1 aromatic heterocycles. The van der Waals surface area contributed by atoms with Crippen LogP contribution in [0.3, 0.4) is 0 Å². The Labute approximate surface area is 207 Å². The molecule has 0 spiro atoms. The molecule has 0 aliphatic carbocycles. The van der Waals surface area contributed by atoms with Gasteiger partial charge in [0.15, 0.2) is 5.78 Å². The van der Waals surface area contributed by atoms with E-state index in [-0.39, 0.29) is 24.2 Å². The standard InChI is InChI=1S/C21H21ClN2O3S.C4H4S/c22-16-3-1-2-4-19(16)28-20-18(25)13-17(23-21(20)26)14-5-7-15(8-6-14)24-9-11-27-12-10-24;1-2-4-5-3-1/h1-8,17,20H,9-13H2,(H,23,26);1-4H. The number of nitrogens with one attached hydrogen (secondary N) is 1. The molecular weight excluding hydrogens is 476 g/mol. The van der Waals surface area contributed by atoms with Crippen molar-refractivity contribution in [2.75, 3.05) is 31.2 Å². The lowest BCUT2D eigenvalue weighted by molar-refractivity contribution is -0.131. The van der Waals surface area contributed by atoms with E-state index >= 15 is 0 Å². The van der Waals surface area contributed by atoms with Gasteiger partial charge >= 0.3 is 0 Å². The number of anilines is 1. The van der Waals surface area contributed by atoms with Gasteiger partial charge in [0.2, 0.25) is 5.91 Å². The Morgan fingerprint density at radius 2 is 1.67 bits per heavy atom. The molecular formula is C25H25ClN2O3S2. The maximum atomic E-state index is 12.7. The van der Waals surface area contributed by atoms with Gasteiger partial charge in [-0.2, -0.15) is 11.3 Å². The Kier molecular flexibility index (Phi) is 8.45. The quantitative estimate of drug-likeness (QED) is 0.498. The summed E-state index contributed by atoms with van der Waals surface area (Å²) in [5.41, 5.74) is 2.08. The van der Waals surface area contributed by atoms with Gasteiger partial charge in [-0.25, -0.2) is 0 Å². The molecule has 3 heterocycles. The molecule has 1 amide bonds. The molecule has 3 aromatic rings. The number of thiophene rings is 1. The first kappa shape index (κ1) is 23.8. The van der Waals surface area contributed by atoms with Crippen LogP contribution in [0.15, 0.2) is 76.3 Å². The van der Waals surface area contributed by atoms with Gasteiger partial charge in [0.1, 0.15) is 5.25 Å². The molecule has 0 bridgehead atoms. The Morgan fingerprint density at radius 3 is 2.27 bits per heavy atom. The zero-order valence-corrected chi connectivity index (χ0v) is 20.4. The minimum Gasteiger partial charge on any atom is -0.378 e. The van der Waals surface area contributed by atoms with Crippen molar-refractivity contribution >= 4 is 52.1 Å². The summed E-state index contributed by atoms with van der Waals surface area (Å²) in [4.78, 5) is 28.3. The number of hydrogen-bond acceptors (Lipinski definition) is 6. The molecule has 8 heteroatoms. The van der Waals surface area contributed by atoms with Crippen LogP contribution in [0.1, 0.15) is 18.0 Å². The largest absolute Gasteiger partial charge is 0.378 e. The number of ether oxygens (including phenoxy) is 1. The molecule has 172 valence electrons. The number of nitrogens with zero attached hydrogens (tertiary/aromatic N) is 1. The molecule has 0 saturated carbocycles. The molecule has 2 saturated heterocycles. The second-order valence-electron chi connectivity index (χ2n) is 7.64. The monoisotopic (exact) mass is 500 g/mol. The second kappa shape index (κ2) is 11.7. The molecule has 2 unspecified atom stereocenters. The third-order valence-electron chi connectivity index (χ3n) is 5.43. The fourth-order valence-electron chi connectivity index (χ4n) is 3.71. The second-order valence-corrected chi connectivity index (χ2v) is 10.0. The summed E-state index contributed by atoms with van der Waals surface area (Å²) in [6, 6.07) is 19.1. The minimum absolute atomic E-state index is 0.0732. The minimum atomic E-state index is -0.760. The van der Waals surface area contributed by atoms with Crippen LogP contribution in [0, 0.1) is 0 Å². The molecule has 5 nitrogen and oxygen atoms in total. The summed E-state index contributed by atoms with van der Waals surface area (Å²) < 4.78 is 5.39. The highest BCUT2D eigenvalue weighted by Crippen LogP contribution is 2.35. The van der Waals surface area contributed by atoms with Crippen LogP contribution in [0.5, 0.6) is 0 Å². The van der Waals surface area contributed by atoms with Gasteiger partial charge < -0.3 is 15.0 Å². The van der Waals surface area contributed by atoms with Crippen molar-refractivity contribution in [1.82, 2.24) is 5.32 Å². The van der Waals surface area contributed by atoms with Gasteiger partial charge in [0.25, 0.3) is 0 Å². The predicted molar refractivity (Wildman–Crippen MR) is 135 cm³/mol. The molecule has 2 atom stereocenters. The first-order chi connectivity index (χ1) is 16.1. The number of carbonyl (C=O) groups excluding carboxylic acids is 2. The fourth-order valence-corrected chi connectivity index (χ4v) is 5.42. The van der Waals surface area contributed by atoms with E-state index in [2.05, 4.69) is 10.2 Å². The number of rotatable bonds is 4. The van der Waals surface area contributed by atoms with Crippen molar-refractivity contribution in [3.8, 4) is 0 Å². The first-order valence-corrected chi connectivity index (χ1v) is 13.0. The summed E-state index contributed by atoms with van der Waals surface area (Å²) in [6.07, 6.45) is 0.283. The predicted octanol–water partition coefficient (Wildman–Crippen LogP) is 5.22. The number of piperidine rings is 1. The number of amides is 1. The number of morpholine rings is 1. The Balaban J connectivity index is 0.000000459. The molecule has 2 aromatic carbocycles. The fraction of sp³-hybridized carbons (Fsp3) is 0.280. The van der Waals surface area contributed by atoms with Gasteiger partial charge in [-0.3, -0.25) is 9.59 Å². The summed E-state index contributed by atoms with van der Waals surface area (Å²) in [5, 5.41) is 6.87. The normalized spacial score (nSPS) is 20.6. The Hall–Kier alpha value is -2.32. The highest BCUT2D eigenvalue weighted by atomic mass is 35.5. The van der Waals surface area contributed by atoms with Gasteiger partial charge in [0.05, 0.1) is 24.3 Å². The maximum Gasteiger partial charge on any atom is 0.241 e. The molecule has 33 heavy (non-hydrogen) atoms. The van der Waals surface area contributed by atoms with E-state index in [9.17, 15) is 9.59 Å². The zero-order valence-electron chi connectivity index (χ0n) is 18.0. The molecule has 2 aliphatic heterocycles. The molecule has 5 rings (SSSR count). The summed E-state index contributed by atoms with van der Waals surface area (Å²) in [6.45, 7) is 3.22. The lowest BCUT2D eigenvalue weighted by Crippen LogP contribution is -2.46. The number of carbonyl (C=O) groups is 2. The topological polar surface area (TPSA) is 58.6 Å². The maximum absolute atomic E-state index is 12.7. The van der Waals surface area contributed by atoms with Gasteiger partial charge in [-0.15, -0.1) is 11.8 Å². The van der Waals surface area contributed by atoms with Crippen molar-refractivity contribution in [2.45, 2.75) is 22.6 Å². The lowest BCUT2D eigenvalue weighted by atomic mass is 9.95. The highest BCUT2D eigenvalue weighted by molar-refractivity contribution is 8.01. The van der Waals surface area contributed by atoms with Crippen molar-refractivity contribution < 1.29 is 14.3 Å². The van der Waals surface area contributed by atoms with Gasteiger partial charge in [-0.1, -0.05) is 48.0 Å². The van der Waals surface area contributed by atoms with Crippen LogP contribution >= 0.6 is 34.7 Å². The van der Waals surface area contributed by atoms with E-state index in [1.807, 2.05) is 65.4 Å². The Bertz CT molecular complexity index is 1020. The van der Waals surface area contributed by atoms with Crippen LogP contribution in [0.2, 0.25) is 5.02 Å². The number of Topliss-reactive ketones (excluding diaryl/α,β-unsaturated/α-hetero) is 1. The van der Waals surface area contributed by atoms with E-state index < -0.39 is 5.25 Å². The van der Waals surface area contributed by atoms with E-state index in [4.69, 9.17) is 16.3 Å². The smallest absolute Gasteiger partial charge is 0.241 e. The summed E-state index contributed by atoms with van der Waals surface area (Å²) in [5.74, 6) is -0.334. The van der Waals surface area contributed by atoms with Gasteiger partial charge in [0, 0.05) is 30.1 Å². The van der Waals surface area contributed by atoms with Crippen LogP contribution in [0.4, 0.5) is 5.69 Å². The summed E-state index contributed by atoms with van der Waals surface area (Å²) in [7, 11) is 0. The SMILES string of the molecule is O=C1CC(c2ccc(N3CCOCC3)cc2)NC(=O)C1Sc1ccccc1Cl.c1ccsc1. The molecule has 0 radical (unpaired) electrons. The van der Waals surface area contributed by atoms with Gasteiger partial charge in [-0.05, 0) is 40.6 Å². The number of halogens is 1. The third-order valence-corrected chi connectivity index (χ3v) is 7.82. The van der Waals surface area contributed by atoms with Crippen LogP contribution in [-0.2, 0) is 14.3 Å². The van der Waals surface area contributed by atoms with Crippen LogP contribution < -0.4 is 10.2 Å². The highest BCUT2D eigenvalue weighted by Gasteiger charge is 2.36. The molecule has 1 N–H and O–H groups in total. The third kappa shape index (κ3) is 6.38. The van der Waals surface area contributed by atoms with Crippen molar-refractivity contribution in [2.24, 2.45) is 0 Å². The number of thioether (sulfide) groups is 1. The first-order valence-electron chi connectivity index (χ1n) is 10.8. The van der Waals surface area contributed by atoms with E-state index in [0.29, 0.717) is 5.02 Å². The number of ketones is 1. The van der Waals surface area contributed by atoms with Crippen molar-refractivity contribution in [3.05, 3.63) is 82.0 Å². The number of benzene rings is 2. The van der Waals surface area contributed by atoms with E-state index in [1.165, 1.54) is 11.8 Å². The average Bonchev–Trinajstić information content (AvgIpc) is 3.44. The zero-order chi connectivity index (χ0) is 23.0. The Morgan fingerprint density at radius 1 is 0.970 bits per heavy atom. The number of hydrogen-bond donors (Lipinski definition) is 1. The lowest BCUT2D eigenvalue weighted by Gasteiger charge is -2.30. The molecule has 2 aliphatic rings. The van der Waals surface area contributed by atoms with Crippen molar-refractivity contribution in [1.29, 1.82) is 0 Å². The summed E-state index contributed by atoms with van der Waals surface area (Å²) >= 11 is 9.09. The van der Waals surface area contributed by atoms with E-state index in [0.717, 1.165) is 42.4 Å². The van der Waals surface area contributed by atoms with E-state index in [1.54, 1.807) is 17.4 Å². The van der Waals surface area contributed by atoms with Crippen LogP contribution in [-0.4, -0.2) is 43.2 Å².